The van der Waals surface area contributed by atoms with Crippen LogP contribution >= 0.6 is 0 Å². The smallest absolute Gasteiger partial charge is 0.478 e. The first-order valence-corrected chi connectivity index (χ1v) is 12.7. The summed E-state index contributed by atoms with van der Waals surface area (Å²) in [6.45, 7) is 5.58. The van der Waals surface area contributed by atoms with E-state index < -0.39 is 40.4 Å². The van der Waals surface area contributed by atoms with Gasteiger partial charge in [0, 0.05) is 41.1 Å². The van der Waals surface area contributed by atoms with E-state index in [0.717, 1.165) is 0 Å². The van der Waals surface area contributed by atoms with Gasteiger partial charge in [0.2, 0.25) is 11.8 Å². The van der Waals surface area contributed by atoms with Crippen molar-refractivity contribution >= 4 is 41.0 Å². The highest BCUT2D eigenvalue weighted by molar-refractivity contribution is 6.02. The molecule has 0 bridgehead atoms. The van der Waals surface area contributed by atoms with Crippen LogP contribution in [-0.2, 0) is 9.59 Å². The lowest BCUT2D eigenvalue weighted by Gasteiger charge is -2.25. The third-order valence-electron chi connectivity index (χ3n) is 6.55. The van der Waals surface area contributed by atoms with Crippen LogP contribution in [0, 0.1) is 11.8 Å². The van der Waals surface area contributed by atoms with Crippen LogP contribution in [0.4, 0.5) is 10.5 Å². The second-order valence-electron chi connectivity index (χ2n) is 10.2. The van der Waals surface area contributed by atoms with E-state index >= 15 is 0 Å². The third kappa shape index (κ3) is 6.71. The molecule has 2 unspecified atom stereocenters. The highest BCUT2D eigenvalue weighted by Crippen LogP contribution is 2.41. The van der Waals surface area contributed by atoms with E-state index in [1.54, 1.807) is 36.7 Å². The van der Waals surface area contributed by atoms with Crippen LogP contribution in [0.25, 0.3) is 5.57 Å². The second-order valence-corrected chi connectivity index (χ2v) is 10.2. The molecule has 1 aliphatic rings. The molecule has 12 nitrogen and oxygen atoms in total. The number of hydroxylamine groups is 1. The Morgan fingerprint density at radius 2 is 1.52 bits per heavy atom. The largest absolute Gasteiger partial charge is 0.549 e. The number of nitrogens with one attached hydrogen (secondary N) is 3. The van der Waals surface area contributed by atoms with Gasteiger partial charge in [0.15, 0.2) is 5.69 Å². The maximum Gasteiger partial charge on any atom is 0.549 e. The van der Waals surface area contributed by atoms with Gasteiger partial charge < -0.3 is 15.5 Å². The molecule has 2 aromatic carbocycles. The molecule has 1 aliphatic heterocycles. The van der Waals surface area contributed by atoms with Crippen LogP contribution in [0.15, 0.2) is 54.7 Å². The van der Waals surface area contributed by atoms with Crippen molar-refractivity contribution in [1.29, 1.82) is 0 Å². The number of benzene rings is 2. The SMILES string of the molecule is CC(C)CC(CC(=O)NO)C(=O)N[C@H](C)CC1=C[N+](NC(=O)c2ccc(C(=O)O)cc2)(C(=O)O)c2ccccc21. The van der Waals surface area contributed by atoms with Crippen LogP contribution in [-0.4, -0.2) is 51.2 Å². The molecule has 0 aliphatic carbocycles. The second kappa shape index (κ2) is 12.5. The van der Waals surface area contributed by atoms with Crippen molar-refractivity contribution < 1.29 is 39.4 Å². The summed E-state index contributed by atoms with van der Waals surface area (Å²) in [5.41, 5.74) is 5.59. The lowest BCUT2D eigenvalue weighted by molar-refractivity contribution is -0.135. The Kier molecular flexibility index (Phi) is 9.40. The van der Waals surface area contributed by atoms with Crippen molar-refractivity contribution in [2.45, 2.75) is 46.1 Å². The number of carboxylic acid groups (broad SMARTS) is 2. The standard InChI is InChI=1S/C28H32N4O8/c1-16(2)12-20(14-24(33)31-40)25(34)29-17(3)13-21-15-32(28(38)39,23-7-5-4-6-22(21)23)30-26(35)18-8-10-19(11-9-18)27(36)37/h4-11,15-17,20H,12-14H2,1-3H3,(H5-,29,30,31,33,34,35,36,37,38,39,40)/p+1/t17-,20?,32?/m1/s1. The molecule has 0 saturated heterocycles. The molecule has 2 aromatic rings. The third-order valence-corrected chi connectivity index (χ3v) is 6.55. The van der Waals surface area contributed by atoms with Crippen molar-refractivity contribution in [2.24, 2.45) is 11.8 Å². The summed E-state index contributed by atoms with van der Waals surface area (Å²) in [6, 6.07) is 11.3. The summed E-state index contributed by atoms with van der Waals surface area (Å²) in [5, 5.41) is 31.2. The lowest BCUT2D eigenvalue weighted by atomic mass is 9.92. The van der Waals surface area contributed by atoms with E-state index in [-0.39, 0.29) is 41.5 Å². The van der Waals surface area contributed by atoms with Crippen LogP contribution in [0.5, 0.6) is 0 Å². The number of quaternary nitrogens is 1. The number of carbonyl (C=O) groups excluding carboxylic acids is 3. The summed E-state index contributed by atoms with van der Waals surface area (Å²) in [4.78, 5) is 61.5. The van der Waals surface area contributed by atoms with Crippen LogP contribution in [0.2, 0.25) is 0 Å². The number of hydrogen-bond donors (Lipinski definition) is 6. The average Bonchev–Trinajstić information content (AvgIpc) is 3.21. The number of para-hydroxylation sites is 1. The summed E-state index contributed by atoms with van der Waals surface area (Å²) < 4.78 is -1.03. The number of amides is 4. The Bertz CT molecular complexity index is 1340. The normalized spacial score (nSPS) is 17.3. The zero-order chi connectivity index (χ0) is 29.6. The molecular formula is C28H33N4O8+. The Balaban J connectivity index is 1.86. The maximum atomic E-state index is 13.1. The van der Waals surface area contributed by atoms with Crippen molar-refractivity contribution in [1.82, 2.24) is 20.8 Å². The van der Waals surface area contributed by atoms with Crippen LogP contribution < -0.4 is 20.8 Å². The molecule has 3 atom stereocenters. The average molecular weight is 554 g/mol. The van der Waals surface area contributed by atoms with Gasteiger partial charge in [0.1, 0.15) is 6.20 Å². The highest BCUT2D eigenvalue weighted by Gasteiger charge is 2.48. The summed E-state index contributed by atoms with van der Waals surface area (Å²) in [7, 11) is 0. The molecule has 0 aromatic heterocycles. The molecule has 12 heteroatoms. The van der Waals surface area contributed by atoms with Crippen molar-refractivity contribution in [3.05, 3.63) is 71.4 Å². The molecule has 0 spiro atoms. The van der Waals surface area contributed by atoms with Crippen molar-refractivity contribution in [3.8, 4) is 0 Å². The highest BCUT2D eigenvalue weighted by atomic mass is 16.5. The summed E-state index contributed by atoms with van der Waals surface area (Å²) in [6.07, 6.45) is 0.485. The van der Waals surface area contributed by atoms with E-state index in [0.29, 0.717) is 17.6 Å². The summed E-state index contributed by atoms with van der Waals surface area (Å²) >= 11 is 0. The minimum Gasteiger partial charge on any atom is -0.478 e. The fourth-order valence-corrected chi connectivity index (χ4v) is 4.74. The zero-order valence-corrected chi connectivity index (χ0v) is 22.4. The number of nitrogens with zero attached hydrogens (tertiary/aromatic N) is 1. The van der Waals surface area contributed by atoms with Gasteiger partial charge in [-0.25, -0.2) is 10.3 Å². The van der Waals surface area contributed by atoms with Gasteiger partial charge in [-0.05, 0) is 56.0 Å². The number of aromatic carboxylic acids is 1. The van der Waals surface area contributed by atoms with E-state index in [1.807, 2.05) is 13.8 Å². The number of carboxylic acids is 1. The number of rotatable bonds is 10. The van der Waals surface area contributed by atoms with Crippen molar-refractivity contribution in [3.63, 3.8) is 0 Å². The molecule has 40 heavy (non-hydrogen) atoms. The monoisotopic (exact) mass is 553 g/mol. The predicted octanol–water partition coefficient (Wildman–Crippen LogP) is 3.52. The van der Waals surface area contributed by atoms with E-state index in [4.69, 9.17) is 10.3 Å². The maximum absolute atomic E-state index is 13.1. The number of fused-ring (bicyclic) bond motifs is 1. The molecule has 0 saturated carbocycles. The van der Waals surface area contributed by atoms with Gasteiger partial charge >= 0.3 is 12.1 Å². The Labute approximate surface area is 230 Å². The molecule has 1 heterocycles. The minimum absolute atomic E-state index is 0.0176. The van der Waals surface area contributed by atoms with E-state index in [2.05, 4.69) is 10.7 Å². The summed E-state index contributed by atoms with van der Waals surface area (Å²) in [5.74, 6) is -3.46. The van der Waals surface area contributed by atoms with E-state index in [1.165, 1.54) is 30.5 Å². The fraction of sp³-hybridized carbons (Fsp3) is 0.321. The Hall–Kier alpha value is -4.55. The van der Waals surface area contributed by atoms with Gasteiger partial charge in [-0.15, -0.1) is 0 Å². The van der Waals surface area contributed by atoms with Gasteiger partial charge in [-0.2, -0.15) is 10.2 Å². The fourth-order valence-electron chi connectivity index (χ4n) is 4.74. The molecular weight excluding hydrogens is 520 g/mol. The zero-order valence-electron chi connectivity index (χ0n) is 22.4. The molecule has 0 radical (unpaired) electrons. The van der Waals surface area contributed by atoms with Gasteiger partial charge in [-0.3, -0.25) is 19.6 Å². The van der Waals surface area contributed by atoms with Gasteiger partial charge in [-0.1, -0.05) is 30.6 Å². The van der Waals surface area contributed by atoms with Gasteiger partial charge in [0.05, 0.1) is 5.56 Å². The topological polar surface area (TPSA) is 182 Å². The first-order valence-electron chi connectivity index (χ1n) is 12.7. The Morgan fingerprint density at radius 3 is 2.10 bits per heavy atom. The molecule has 212 valence electrons. The van der Waals surface area contributed by atoms with Crippen LogP contribution in [0.1, 0.15) is 66.3 Å². The predicted molar refractivity (Wildman–Crippen MR) is 145 cm³/mol. The lowest BCUT2D eigenvalue weighted by Crippen LogP contribution is -2.60. The van der Waals surface area contributed by atoms with Crippen molar-refractivity contribution in [2.75, 3.05) is 0 Å². The number of carbonyl (C=O) groups is 5. The first kappa shape index (κ1) is 30.0. The number of hydrogen-bond acceptors (Lipinski definition) is 6. The van der Waals surface area contributed by atoms with Crippen LogP contribution in [0.3, 0.4) is 0 Å². The minimum atomic E-state index is -1.37. The molecule has 0 fully saturated rings. The first-order chi connectivity index (χ1) is 18.9. The quantitative estimate of drug-likeness (QED) is 0.147. The van der Waals surface area contributed by atoms with E-state index in [9.17, 15) is 29.1 Å². The molecule has 3 rings (SSSR count). The molecule has 4 amide bonds. The Morgan fingerprint density at radius 1 is 0.900 bits per heavy atom. The van der Waals surface area contributed by atoms with Gasteiger partial charge in [0.25, 0.3) is 5.91 Å². The molecule has 6 N–H and O–H groups in total.